The monoisotopic (exact) mass is 450 g/mol. The standard InChI is InChI=1S/C19H19BrN2O4S/c1-2-9-26-15-6-5-13(10-14(15)20)11-16-18(24)22(19(25)27-16)12-17(23)21-7-3-4-8-21/h2,5-6,10-11H,1,3-4,7-9,12H2. The average Bonchev–Trinajstić information content (AvgIpc) is 3.26. The number of likely N-dealkylation sites (tertiary alicyclic amines) is 1. The van der Waals surface area contributed by atoms with Crippen molar-refractivity contribution in [2.45, 2.75) is 12.8 Å². The van der Waals surface area contributed by atoms with Crippen molar-refractivity contribution in [3.63, 3.8) is 0 Å². The Balaban J connectivity index is 1.71. The lowest BCUT2D eigenvalue weighted by Gasteiger charge is -2.18. The van der Waals surface area contributed by atoms with E-state index in [1.807, 2.05) is 6.07 Å². The first-order valence-electron chi connectivity index (χ1n) is 8.56. The third kappa shape index (κ3) is 4.62. The molecule has 0 N–H and O–H groups in total. The van der Waals surface area contributed by atoms with Crippen molar-refractivity contribution in [2.75, 3.05) is 26.2 Å². The van der Waals surface area contributed by atoms with Crippen LogP contribution < -0.4 is 4.74 Å². The molecule has 2 heterocycles. The summed E-state index contributed by atoms with van der Waals surface area (Å²) in [5.41, 5.74) is 0.754. The SMILES string of the molecule is C=CCOc1ccc(C=C2SC(=O)N(CC(=O)N3CCCC3)C2=O)cc1Br. The first-order valence-corrected chi connectivity index (χ1v) is 10.2. The molecule has 8 heteroatoms. The van der Waals surface area contributed by atoms with Crippen molar-refractivity contribution >= 4 is 50.8 Å². The molecule has 2 aliphatic heterocycles. The zero-order valence-electron chi connectivity index (χ0n) is 14.7. The number of ether oxygens (including phenoxy) is 1. The molecule has 1 aromatic rings. The molecule has 142 valence electrons. The van der Waals surface area contributed by atoms with Crippen LogP contribution in [0, 0.1) is 0 Å². The number of imide groups is 1. The fraction of sp³-hybridized carbons (Fsp3) is 0.316. The molecule has 0 aromatic heterocycles. The van der Waals surface area contributed by atoms with E-state index < -0.39 is 11.1 Å². The quantitative estimate of drug-likeness (QED) is 0.488. The fourth-order valence-electron chi connectivity index (χ4n) is 2.86. The molecule has 0 radical (unpaired) electrons. The minimum Gasteiger partial charge on any atom is -0.488 e. The molecule has 2 saturated heterocycles. The second-order valence-electron chi connectivity index (χ2n) is 6.15. The lowest BCUT2D eigenvalue weighted by Crippen LogP contribution is -2.40. The molecule has 2 fully saturated rings. The molecule has 27 heavy (non-hydrogen) atoms. The summed E-state index contributed by atoms with van der Waals surface area (Å²) >= 11 is 4.28. The Hall–Kier alpha value is -2.06. The first kappa shape index (κ1) is 19.7. The summed E-state index contributed by atoms with van der Waals surface area (Å²) in [7, 11) is 0. The van der Waals surface area contributed by atoms with Crippen LogP contribution >= 0.6 is 27.7 Å². The predicted octanol–water partition coefficient (Wildman–Crippen LogP) is 3.67. The van der Waals surface area contributed by atoms with Gasteiger partial charge in [0.25, 0.3) is 11.1 Å². The summed E-state index contributed by atoms with van der Waals surface area (Å²) in [6.45, 7) is 5.19. The van der Waals surface area contributed by atoms with E-state index in [0.29, 0.717) is 30.4 Å². The molecule has 1 aromatic carbocycles. The smallest absolute Gasteiger partial charge is 0.294 e. The van der Waals surface area contributed by atoms with Gasteiger partial charge in [-0.25, -0.2) is 0 Å². The number of carbonyl (C=O) groups is 3. The Bertz CT molecular complexity index is 818. The van der Waals surface area contributed by atoms with E-state index in [2.05, 4.69) is 22.5 Å². The number of carbonyl (C=O) groups excluding carboxylic acids is 3. The van der Waals surface area contributed by atoms with Crippen LogP contribution in [0.15, 0.2) is 40.2 Å². The topological polar surface area (TPSA) is 66.9 Å². The highest BCUT2D eigenvalue weighted by Gasteiger charge is 2.37. The Morgan fingerprint density at radius 3 is 2.70 bits per heavy atom. The van der Waals surface area contributed by atoms with Gasteiger partial charge >= 0.3 is 0 Å². The predicted molar refractivity (Wildman–Crippen MR) is 108 cm³/mol. The molecule has 0 unspecified atom stereocenters. The van der Waals surface area contributed by atoms with E-state index in [1.54, 1.807) is 29.2 Å². The maximum atomic E-state index is 12.6. The van der Waals surface area contributed by atoms with Gasteiger partial charge < -0.3 is 9.64 Å². The molecule has 3 amide bonds. The Morgan fingerprint density at radius 1 is 1.30 bits per heavy atom. The van der Waals surface area contributed by atoms with Crippen molar-refractivity contribution in [3.05, 3.63) is 45.8 Å². The van der Waals surface area contributed by atoms with Crippen LogP contribution in [0.25, 0.3) is 6.08 Å². The second kappa shape index (κ2) is 8.75. The Labute approximate surface area is 170 Å². The van der Waals surface area contributed by atoms with Crippen LogP contribution in [-0.4, -0.2) is 53.1 Å². The number of hydrogen-bond donors (Lipinski definition) is 0. The summed E-state index contributed by atoms with van der Waals surface area (Å²) in [6.07, 6.45) is 5.23. The van der Waals surface area contributed by atoms with Crippen LogP contribution in [-0.2, 0) is 9.59 Å². The number of rotatable bonds is 6. The Morgan fingerprint density at radius 2 is 2.04 bits per heavy atom. The lowest BCUT2D eigenvalue weighted by molar-refractivity contribution is -0.135. The lowest BCUT2D eigenvalue weighted by atomic mass is 10.2. The first-order chi connectivity index (χ1) is 13.0. The molecular formula is C19H19BrN2O4S. The number of halogens is 1. The Kier molecular flexibility index (Phi) is 6.38. The zero-order chi connectivity index (χ0) is 19.4. The molecule has 2 aliphatic rings. The van der Waals surface area contributed by atoms with Crippen LogP contribution in [0.4, 0.5) is 4.79 Å². The number of hydrogen-bond acceptors (Lipinski definition) is 5. The molecule has 0 bridgehead atoms. The van der Waals surface area contributed by atoms with Gasteiger partial charge in [0.05, 0.1) is 9.38 Å². The molecule has 0 aliphatic carbocycles. The van der Waals surface area contributed by atoms with Gasteiger partial charge in [-0.05, 0) is 64.3 Å². The van der Waals surface area contributed by atoms with E-state index in [0.717, 1.165) is 39.5 Å². The maximum Gasteiger partial charge on any atom is 0.294 e. The minimum absolute atomic E-state index is 0.178. The van der Waals surface area contributed by atoms with E-state index >= 15 is 0 Å². The van der Waals surface area contributed by atoms with Gasteiger partial charge in [-0.2, -0.15) is 0 Å². The summed E-state index contributed by atoms with van der Waals surface area (Å²) < 4.78 is 6.23. The van der Waals surface area contributed by atoms with Crippen molar-refractivity contribution in [1.82, 2.24) is 9.80 Å². The van der Waals surface area contributed by atoms with E-state index in [9.17, 15) is 14.4 Å². The fourth-order valence-corrected chi connectivity index (χ4v) is 4.21. The molecule has 0 spiro atoms. The molecule has 6 nitrogen and oxygen atoms in total. The van der Waals surface area contributed by atoms with Crippen LogP contribution in [0.1, 0.15) is 18.4 Å². The maximum absolute atomic E-state index is 12.6. The van der Waals surface area contributed by atoms with Crippen LogP contribution in [0.3, 0.4) is 0 Å². The van der Waals surface area contributed by atoms with Crippen molar-refractivity contribution in [2.24, 2.45) is 0 Å². The van der Waals surface area contributed by atoms with Crippen molar-refractivity contribution in [3.8, 4) is 5.75 Å². The molecule has 0 atom stereocenters. The van der Waals surface area contributed by atoms with Crippen LogP contribution in [0.2, 0.25) is 0 Å². The molecular weight excluding hydrogens is 432 g/mol. The van der Waals surface area contributed by atoms with Gasteiger partial charge in [0, 0.05) is 13.1 Å². The van der Waals surface area contributed by atoms with Gasteiger partial charge in [-0.15, -0.1) is 0 Å². The normalized spacial score (nSPS) is 18.5. The second-order valence-corrected chi connectivity index (χ2v) is 7.99. The summed E-state index contributed by atoms with van der Waals surface area (Å²) in [5.74, 6) is 0.0551. The average molecular weight is 451 g/mol. The van der Waals surface area contributed by atoms with Gasteiger partial charge in [0.2, 0.25) is 5.91 Å². The third-order valence-electron chi connectivity index (χ3n) is 4.24. The zero-order valence-corrected chi connectivity index (χ0v) is 17.1. The van der Waals surface area contributed by atoms with E-state index in [-0.39, 0.29) is 12.5 Å². The third-order valence-corrected chi connectivity index (χ3v) is 5.76. The van der Waals surface area contributed by atoms with Gasteiger partial charge in [-0.3, -0.25) is 19.3 Å². The molecule has 0 saturated carbocycles. The highest BCUT2D eigenvalue weighted by molar-refractivity contribution is 9.10. The minimum atomic E-state index is -0.430. The number of nitrogens with zero attached hydrogens (tertiary/aromatic N) is 2. The van der Waals surface area contributed by atoms with E-state index in [4.69, 9.17) is 4.74 Å². The summed E-state index contributed by atoms with van der Waals surface area (Å²) in [5, 5.41) is -0.413. The highest BCUT2D eigenvalue weighted by Crippen LogP contribution is 2.34. The number of benzene rings is 1. The molecule has 3 rings (SSSR count). The van der Waals surface area contributed by atoms with Gasteiger partial charge in [0.15, 0.2) is 0 Å². The van der Waals surface area contributed by atoms with Crippen LogP contribution in [0.5, 0.6) is 5.75 Å². The number of thioether (sulfide) groups is 1. The van der Waals surface area contributed by atoms with Gasteiger partial charge in [0.1, 0.15) is 18.9 Å². The highest BCUT2D eigenvalue weighted by atomic mass is 79.9. The van der Waals surface area contributed by atoms with Crippen molar-refractivity contribution in [1.29, 1.82) is 0 Å². The summed E-state index contributed by atoms with van der Waals surface area (Å²) in [4.78, 5) is 40.0. The van der Waals surface area contributed by atoms with Crippen molar-refractivity contribution < 1.29 is 19.1 Å². The van der Waals surface area contributed by atoms with E-state index in [1.165, 1.54) is 0 Å². The number of amides is 3. The van der Waals surface area contributed by atoms with Gasteiger partial charge in [-0.1, -0.05) is 18.7 Å². The summed E-state index contributed by atoms with van der Waals surface area (Å²) in [6, 6.07) is 5.38. The largest absolute Gasteiger partial charge is 0.488 e.